The third kappa shape index (κ3) is 3.67. The van der Waals surface area contributed by atoms with Crippen LogP contribution < -0.4 is 0 Å². The van der Waals surface area contributed by atoms with Crippen LogP contribution in [0.3, 0.4) is 0 Å². The fourth-order valence-electron chi connectivity index (χ4n) is 7.96. The number of imide groups is 2. The number of hydrogen-bond donors (Lipinski definition) is 0. The van der Waals surface area contributed by atoms with E-state index in [4.69, 9.17) is 0 Å². The number of nitrogens with zero attached hydrogens (tertiary/aromatic N) is 2. The minimum absolute atomic E-state index is 0.142. The van der Waals surface area contributed by atoms with Gasteiger partial charge in [0.2, 0.25) is 0 Å². The van der Waals surface area contributed by atoms with Gasteiger partial charge >= 0.3 is 0 Å². The summed E-state index contributed by atoms with van der Waals surface area (Å²) >= 11 is 0. The first-order valence-corrected chi connectivity index (χ1v) is 15.8. The molecule has 9 rings (SSSR count). The van der Waals surface area contributed by atoms with E-state index in [1.165, 1.54) is 0 Å². The normalized spacial score (nSPS) is 15.7. The molecule has 7 aromatic rings. The Labute approximate surface area is 280 Å². The predicted octanol–water partition coefficient (Wildman–Crippen LogP) is 9.01. The summed E-state index contributed by atoms with van der Waals surface area (Å²) in [6.07, 6.45) is 0. The zero-order valence-corrected chi connectivity index (χ0v) is 26.3. The Kier molecular flexibility index (Phi) is 6.09. The minimum Gasteiger partial charge on any atom is -0.269 e. The first kappa shape index (κ1) is 29.9. The number of carbonyl (C=O) groups excluding carboxylic acids is 4. The van der Waals surface area contributed by atoms with Crippen LogP contribution in [-0.2, 0) is 0 Å². The first-order chi connectivity index (χ1) is 24.0. The Morgan fingerprint density at radius 2 is 0.660 bits per heavy atom. The molecule has 2 atom stereocenters. The van der Waals surface area contributed by atoms with Crippen LogP contribution in [0, 0.1) is 23.3 Å². The lowest BCUT2D eigenvalue weighted by Crippen LogP contribution is -2.42. The molecule has 0 radical (unpaired) electrons. The number of hydrogen-bond acceptors (Lipinski definition) is 4. The highest BCUT2D eigenvalue weighted by atomic mass is 19.1. The van der Waals surface area contributed by atoms with E-state index in [0.29, 0.717) is 11.1 Å². The second-order valence-electron chi connectivity index (χ2n) is 12.8. The smallest absolute Gasteiger partial charge is 0.262 e. The lowest BCUT2D eigenvalue weighted by molar-refractivity contribution is 0.0533. The van der Waals surface area contributed by atoms with E-state index in [2.05, 4.69) is 0 Å². The van der Waals surface area contributed by atoms with Gasteiger partial charge in [0, 0.05) is 43.1 Å². The molecule has 2 aliphatic rings. The average molecular weight is 671 g/mol. The fourth-order valence-corrected chi connectivity index (χ4v) is 7.96. The van der Waals surface area contributed by atoms with E-state index in [-0.39, 0.29) is 43.8 Å². The topological polar surface area (TPSA) is 74.8 Å². The highest BCUT2D eigenvalue weighted by Gasteiger charge is 2.42. The maximum Gasteiger partial charge on any atom is 0.262 e. The summed E-state index contributed by atoms with van der Waals surface area (Å²) in [5.74, 6) is -7.94. The van der Waals surface area contributed by atoms with Crippen molar-refractivity contribution < 1.29 is 36.7 Å². The van der Waals surface area contributed by atoms with Gasteiger partial charge in [0.25, 0.3) is 23.6 Å². The van der Waals surface area contributed by atoms with Gasteiger partial charge in [-0.2, -0.15) is 0 Å². The van der Waals surface area contributed by atoms with E-state index in [0.717, 1.165) is 34.1 Å². The lowest BCUT2D eigenvalue weighted by Gasteiger charge is -2.34. The molecule has 2 aliphatic heterocycles. The zero-order chi connectivity index (χ0) is 34.9. The molecule has 50 heavy (non-hydrogen) atoms. The summed E-state index contributed by atoms with van der Waals surface area (Å²) in [4.78, 5) is 57.7. The molecule has 0 fully saturated rings. The van der Waals surface area contributed by atoms with Crippen LogP contribution in [0.25, 0.3) is 43.1 Å². The van der Waals surface area contributed by atoms with Crippen LogP contribution >= 0.6 is 0 Å². The Bertz CT molecular complexity index is 2390. The maximum absolute atomic E-state index is 16.5. The molecule has 0 saturated carbocycles. The third-order valence-corrected chi connectivity index (χ3v) is 10.3. The van der Waals surface area contributed by atoms with Crippen molar-refractivity contribution in [1.82, 2.24) is 9.80 Å². The second kappa shape index (κ2) is 10.2. The molecule has 0 aromatic heterocycles. The SMILES string of the molecule is CC(c1ccccc1)N1C(=O)c2cc(F)c3c4c(F)cc5c6c(cc(F)c(c7c(F)cc(c2c37)C1=O)c64)C(=O)N(C(C)c1ccccc1)C5=O. The monoisotopic (exact) mass is 670 g/mol. The summed E-state index contributed by atoms with van der Waals surface area (Å²) in [6, 6.07) is 19.1. The number of amides is 4. The standard InChI is InChI=1S/C40H22F4N2O4/c1-17(19-9-5-3-6-10-19)45-37(47)21-13-25(41)31-33-27(43)15-23-30-24(40(50)46(39(23)49)18(2)20-11-7-4-8-12-20)16-28(44)34(36(30)33)32-26(42)14-22(38(45)48)29(21)35(31)32/h3-18H,1-2H3. The van der Waals surface area contributed by atoms with Gasteiger partial charge in [0.05, 0.1) is 34.3 Å². The summed E-state index contributed by atoms with van der Waals surface area (Å²) in [5, 5.41) is -2.98. The molecule has 4 amide bonds. The highest BCUT2D eigenvalue weighted by molar-refractivity contribution is 6.41. The van der Waals surface area contributed by atoms with Crippen LogP contribution in [0.5, 0.6) is 0 Å². The van der Waals surface area contributed by atoms with Crippen LogP contribution in [0.4, 0.5) is 17.6 Å². The van der Waals surface area contributed by atoms with E-state index in [9.17, 15) is 19.2 Å². The summed E-state index contributed by atoms with van der Waals surface area (Å²) in [6.45, 7) is 3.22. The molecule has 0 spiro atoms. The van der Waals surface area contributed by atoms with Crippen molar-refractivity contribution in [2.24, 2.45) is 0 Å². The number of benzene rings is 7. The molecule has 2 unspecified atom stereocenters. The molecule has 2 heterocycles. The van der Waals surface area contributed by atoms with Gasteiger partial charge in [0.1, 0.15) is 23.3 Å². The maximum atomic E-state index is 16.5. The van der Waals surface area contributed by atoms with E-state index in [1.807, 2.05) is 0 Å². The van der Waals surface area contributed by atoms with Gasteiger partial charge in [-0.15, -0.1) is 0 Å². The first-order valence-electron chi connectivity index (χ1n) is 15.8. The van der Waals surface area contributed by atoms with Crippen LogP contribution in [-0.4, -0.2) is 33.4 Å². The van der Waals surface area contributed by atoms with Gasteiger partial charge in [-0.05, 0) is 49.2 Å². The van der Waals surface area contributed by atoms with E-state index in [1.54, 1.807) is 74.5 Å². The predicted molar refractivity (Wildman–Crippen MR) is 178 cm³/mol. The Balaban J connectivity index is 1.36. The zero-order valence-electron chi connectivity index (χ0n) is 26.3. The molecule has 10 heteroatoms. The summed E-state index contributed by atoms with van der Waals surface area (Å²) < 4.78 is 66.1. The van der Waals surface area contributed by atoms with Gasteiger partial charge in [-0.1, -0.05) is 60.7 Å². The van der Waals surface area contributed by atoms with Gasteiger partial charge < -0.3 is 0 Å². The van der Waals surface area contributed by atoms with Crippen molar-refractivity contribution in [2.75, 3.05) is 0 Å². The number of fused-ring (bicyclic) bond motifs is 2. The second-order valence-corrected chi connectivity index (χ2v) is 12.8. The van der Waals surface area contributed by atoms with Crippen molar-refractivity contribution >= 4 is 66.7 Å². The molecular formula is C40H22F4N2O4. The van der Waals surface area contributed by atoms with Crippen molar-refractivity contribution in [3.8, 4) is 0 Å². The molecule has 0 bridgehead atoms. The minimum atomic E-state index is -1.13. The molecule has 7 aromatic carbocycles. The molecular weight excluding hydrogens is 648 g/mol. The molecule has 6 nitrogen and oxygen atoms in total. The summed E-state index contributed by atoms with van der Waals surface area (Å²) in [5.41, 5.74) is 0.109. The van der Waals surface area contributed by atoms with Crippen LogP contribution in [0.2, 0.25) is 0 Å². The van der Waals surface area contributed by atoms with E-state index >= 15 is 17.6 Å². The largest absolute Gasteiger partial charge is 0.269 e. The molecule has 0 saturated heterocycles. The average Bonchev–Trinajstić information content (AvgIpc) is 3.11. The van der Waals surface area contributed by atoms with Crippen molar-refractivity contribution in [1.29, 1.82) is 0 Å². The number of halogens is 4. The molecule has 0 N–H and O–H groups in total. The number of rotatable bonds is 4. The Hall–Kier alpha value is -6.16. The van der Waals surface area contributed by atoms with Gasteiger partial charge in [0.15, 0.2) is 0 Å². The van der Waals surface area contributed by atoms with Gasteiger partial charge in [-0.25, -0.2) is 17.6 Å². The quantitative estimate of drug-likeness (QED) is 0.0811. The summed E-state index contributed by atoms with van der Waals surface area (Å²) in [7, 11) is 0. The fraction of sp³-hybridized carbons (Fsp3) is 0.100. The highest BCUT2D eigenvalue weighted by Crippen LogP contribution is 2.50. The van der Waals surface area contributed by atoms with Crippen molar-refractivity contribution in [2.45, 2.75) is 25.9 Å². The lowest BCUT2D eigenvalue weighted by atomic mass is 9.81. The molecule has 0 aliphatic carbocycles. The van der Waals surface area contributed by atoms with Crippen LogP contribution in [0.1, 0.15) is 78.5 Å². The molecule has 244 valence electrons. The van der Waals surface area contributed by atoms with Crippen molar-refractivity contribution in [3.05, 3.63) is 142 Å². The van der Waals surface area contributed by atoms with Crippen LogP contribution in [0.15, 0.2) is 84.9 Å². The van der Waals surface area contributed by atoms with Crippen molar-refractivity contribution in [3.63, 3.8) is 0 Å². The Morgan fingerprint density at radius 1 is 0.400 bits per heavy atom. The third-order valence-electron chi connectivity index (χ3n) is 10.3. The Morgan fingerprint density at radius 3 is 0.920 bits per heavy atom. The van der Waals surface area contributed by atoms with E-state index < -0.39 is 80.5 Å². The van der Waals surface area contributed by atoms with Gasteiger partial charge in [-0.3, -0.25) is 29.0 Å². The number of carbonyl (C=O) groups is 4.